The number of hydrogen-bond acceptors (Lipinski definition) is 7. The van der Waals surface area contributed by atoms with E-state index in [2.05, 4.69) is 41.0 Å². The van der Waals surface area contributed by atoms with Gasteiger partial charge in [-0.05, 0) is 13.8 Å². The van der Waals surface area contributed by atoms with Crippen molar-refractivity contribution in [3.63, 3.8) is 0 Å². The second kappa shape index (κ2) is 6.39. The van der Waals surface area contributed by atoms with Crippen molar-refractivity contribution in [2.45, 2.75) is 40.0 Å². The SMILES string of the molecule is CCOC(=O)c1cnc(Nc2nc(C(C)(C)C)cs2)nc1C. The maximum atomic E-state index is 11.7. The number of thiazole rings is 1. The number of carbonyl (C=O) groups excluding carboxylic acids is 1. The van der Waals surface area contributed by atoms with Gasteiger partial charge in [0.1, 0.15) is 0 Å². The summed E-state index contributed by atoms with van der Waals surface area (Å²) in [4.78, 5) is 24.7. The molecular formula is C15H20N4O2S. The van der Waals surface area contributed by atoms with Crippen LogP contribution in [0.15, 0.2) is 11.6 Å². The highest BCUT2D eigenvalue weighted by atomic mass is 32.1. The number of aryl methyl sites for hydroxylation is 1. The Morgan fingerprint density at radius 3 is 2.64 bits per heavy atom. The first kappa shape index (κ1) is 16.4. The van der Waals surface area contributed by atoms with E-state index in [9.17, 15) is 4.79 Å². The van der Waals surface area contributed by atoms with E-state index in [4.69, 9.17) is 4.74 Å². The van der Waals surface area contributed by atoms with Crippen molar-refractivity contribution in [1.29, 1.82) is 0 Å². The highest BCUT2D eigenvalue weighted by molar-refractivity contribution is 7.13. The van der Waals surface area contributed by atoms with Crippen molar-refractivity contribution < 1.29 is 9.53 Å². The summed E-state index contributed by atoms with van der Waals surface area (Å²) in [6.45, 7) is 10.2. The molecule has 0 spiro atoms. The molecule has 2 aromatic heterocycles. The number of nitrogens with one attached hydrogen (secondary N) is 1. The lowest BCUT2D eigenvalue weighted by atomic mass is 9.93. The molecular weight excluding hydrogens is 300 g/mol. The molecule has 0 fully saturated rings. The molecule has 0 amide bonds. The molecule has 7 heteroatoms. The quantitative estimate of drug-likeness (QED) is 0.869. The van der Waals surface area contributed by atoms with E-state index in [-0.39, 0.29) is 5.41 Å². The topological polar surface area (TPSA) is 77.0 Å². The summed E-state index contributed by atoms with van der Waals surface area (Å²) in [5, 5.41) is 5.81. The van der Waals surface area contributed by atoms with Gasteiger partial charge in [0.15, 0.2) is 5.13 Å². The minimum absolute atomic E-state index is 0.000964. The molecule has 0 aromatic carbocycles. The molecule has 2 rings (SSSR count). The van der Waals surface area contributed by atoms with Gasteiger partial charge in [0.05, 0.1) is 23.6 Å². The van der Waals surface area contributed by atoms with Gasteiger partial charge in [-0.2, -0.15) is 0 Å². The third kappa shape index (κ3) is 3.79. The Morgan fingerprint density at radius 1 is 1.36 bits per heavy atom. The fourth-order valence-corrected chi connectivity index (χ4v) is 2.64. The third-order valence-electron chi connectivity index (χ3n) is 2.97. The highest BCUT2D eigenvalue weighted by Crippen LogP contribution is 2.27. The van der Waals surface area contributed by atoms with Crippen LogP contribution in [-0.2, 0) is 10.2 Å². The zero-order valence-corrected chi connectivity index (χ0v) is 14.2. The molecule has 0 bridgehead atoms. The Morgan fingerprint density at radius 2 is 2.09 bits per heavy atom. The first-order valence-electron chi connectivity index (χ1n) is 7.05. The van der Waals surface area contributed by atoms with Gasteiger partial charge in [-0.1, -0.05) is 20.8 Å². The summed E-state index contributed by atoms with van der Waals surface area (Å²) in [5.41, 5.74) is 1.96. The minimum Gasteiger partial charge on any atom is -0.462 e. The third-order valence-corrected chi connectivity index (χ3v) is 3.72. The molecule has 1 N–H and O–H groups in total. The van der Waals surface area contributed by atoms with E-state index >= 15 is 0 Å². The normalized spacial score (nSPS) is 11.3. The highest BCUT2D eigenvalue weighted by Gasteiger charge is 2.18. The molecule has 0 radical (unpaired) electrons. The summed E-state index contributed by atoms with van der Waals surface area (Å²) in [6, 6.07) is 0. The largest absolute Gasteiger partial charge is 0.462 e. The van der Waals surface area contributed by atoms with Crippen LogP contribution in [0, 0.1) is 6.92 Å². The van der Waals surface area contributed by atoms with E-state index in [1.807, 2.05) is 5.38 Å². The minimum atomic E-state index is -0.407. The van der Waals surface area contributed by atoms with Gasteiger partial charge in [-0.15, -0.1) is 11.3 Å². The predicted octanol–water partition coefficient (Wildman–Crippen LogP) is 3.46. The van der Waals surface area contributed by atoms with E-state index < -0.39 is 5.97 Å². The molecule has 2 aromatic rings. The van der Waals surface area contributed by atoms with E-state index in [1.54, 1.807) is 13.8 Å². The van der Waals surface area contributed by atoms with Crippen LogP contribution in [0.2, 0.25) is 0 Å². The molecule has 0 atom stereocenters. The summed E-state index contributed by atoms with van der Waals surface area (Å²) in [6.07, 6.45) is 1.47. The first-order valence-corrected chi connectivity index (χ1v) is 7.93. The van der Waals surface area contributed by atoms with Gasteiger partial charge in [0.2, 0.25) is 5.95 Å². The monoisotopic (exact) mass is 320 g/mol. The number of carbonyl (C=O) groups is 1. The van der Waals surface area contributed by atoms with Crippen molar-refractivity contribution in [3.05, 3.63) is 28.5 Å². The molecule has 0 aliphatic rings. The smallest absolute Gasteiger partial charge is 0.341 e. The fourth-order valence-electron chi connectivity index (χ4n) is 1.71. The molecule has 0 unspecified atom stereocenters. The van der Waals surface area contributed by atoms with Gasteiger partial charge in [0, 0.05) is 17.0 Å². The lowest BCUT2D eigenvalue weighted by molar-refractivity contribution is 0.0524. The summed E-state index contributed by atoms with van der Waals surface area (Å²) >= 11 is 1.50. The summed E-state index contributed by atoms with van der Waals surface area (Å²) < 4.78 is 4.96. The van der Waals surface area contributed by atoms with Crippen molar-refractivity contribution in [2.75, 3.05) is 11.9 Å². The second-order valence-electron chi connectivity index (χ2n) is 5.83. The molecule has 0 aliphatic heterocycles. The zero-order chi connectivity index (χ0) is 16.3. The van der Waals surface area contributed by atoms with Crippen LogP contribution in [0.5, 0.6) is 0 Å². The van der Waals surface area contributed by atoms with E-state index in [0.717, 1.165) is 10.8 Å². The number of nitrogens with zero attached hydrogens (tertiary/aromatic N) is 3. The van der Waals surface area contributed by atoms with Gasteiger partial charge < -0.3 is 10.1 Å². The molecule has 0 saturated heterocycles. The molecule has 2 heterocycles. The predicted molar refractivity (Wildman–Crippen MR) is 86.8 cm³/mol. The molecule has 22 heavy (non-hydrogen) atoms. The molecule has 0 saturated carbocycles. The van der Waals surface area contributed by atoms with Crippen LogP contribution in [0.4, 0.5) is 11.1 Å². The van der Waals surface area contributed by atoms with Crippen molar-refractivity contribution >= 4 is 28.4 Å². The Balaban J connectivity index is 2.16. The standard InChI is InChI=1S/C15H20N4O2S/c1-6-21-12(20)10-7-16-13(17-9(10)2)19-14-18-11(8-22-14)15(3,4)5/h7-8H,6H2,1-5H3,(H,16,17,18,19). The number of hydrogen-bond donors (Lipinski definition) is 1. The summed E-state index contributed by atoms with van der Waals surface area (Å²) in [5.74, 6) is 0.0103. The maximum Gasteiger partial charge on any atom is 0.341 e. The number of rotatable bonds is 4. The number of esters is 1. The second-order valence-corrected chi connectivity index (χ2v) is 6.68. The number of aromatic nitrogens is 3. The van der Waals surface area contributed by atoms with Crippen LogP contribution in [0.1, 0.15) is 49.4 Å². The molecule has 6 nitrogen and oxygen atoms in total. The van der Waals surface area contributed by atoms with Crippen molar-refractivity contribution in [2.24, 2.45) is 0 Å². The fraction of sp³-hybridized carbons (Fsp3) is 0.467. The average molecular weight is 320 g/mol. The average Bonchev–Trinajstić information content (AvgIpc) is 2.87. The number of ether oxygens (including phenoxy) is 1. The number of anilines is 2. The van der Waals surface area contributed by atoms with Crippen LogP contribution in [0.3, 0.4) is 0 Å². The van der Waals surface area contributed by atoms with Crippen molar-refractivity contribution in [3.8, 4) is 0 Å². The van der Waals surface area contributed by atoms with Crippen LogP contribution in [-0.4, -0.2) is 27.5 Å². The van der Waals surface area contributed by atoms with Gasteiger partial charge >= 0.3 is 5.97 Å². The molecule has 118 valence electrons. The summed E-state index contributed by atoms with van der Waals surface area (Å²) in [7, 11) is 0. The Labute approximate surface area is 134 Å². The van der Waals surface area contributed by atoms with E-state index in [0.29, 0.717) is 23.8 Å². The molecule has 0 aliphatic carbocycles. The maximum absolute atomic E-state index is 11.7. The van der Waals surface area contributed by atoms with Crippen molar-refractivity contribution in [1.82, 2.24) is 15.0 Å². The Hall–Kier alpha value is -2.02. The lowest BCUT2D eigenvalue weighted by Gasteiger charge is -2.14. The van der Waals surface area contributed by atoms with Gasteiger partial charge in [-0.3, -0.25) is 0 Å². The Bertz CT molecular complexity index is 676. The van der Waals surface area contributed by atoms with Crippen LogP contribution < -0.4 is 5.32 Å². The van der Waals surface area contributed by atoms with Crippen LogP contribution >= 0.6 is 11.3 Å². The van der Waals surface area contributed by atoms with Crippen LogP contribution in [0.25, 0.3) is 0 Å². The van der Waals surface area contributed by atoms with Gasteiger partial charge in [0.25, 0.3) is 0 Å². The Kier molecular flexibility index (Phi) is 4.75. The lowest BCUT2D eigenvalue weighted by Crippen LogP contribution is -2.12. The first-order chi connectivity index (χ1) is 10.3. The van der Waals surface area contributed by atoms with E-state index in [1.165, 1.54) is 17.5 Å². The zero-order valence-electron chi connectivity index (χ0n) is 13.4. The van der Waals surface area contributed by atoms with Gasteiger partial charge in [-0.25, -0.2) is 19.7 Å².